The lowest BCUT2D eigenvalue weighted by molar-refractivity contribution is 0.157. The van der Waals surface area contributed by atoms with Crippen LogP contribution in [-0.4, -0.2) is 53.8 Å². The number of hydrogen-bond acceptors (Lipinski definition) is 7. The van der Waals surface area contributed by atoms with Crippen LogP contribution >= 0.6 is 11.6 Å². The average molecular weight is 429 g/mol. The number of aromatic nitrogens is 2. The van der Waals surface area contributed by atoms with E-state index in [9.17, 15) is 5.11 Å². The van der Waals surface area contributed by atoms with E-state index in [0.29, 0.717) is 35.5 Å². The van der Waals surface area contributed by atoms with Crippen molar-refractivity contribution in [3.8, 4) is 17.2 Å². The molecule has 1 aliphatic rings. The summed E-state index contributed by atoms with van der Waals surface area (Å²) in [6, 6.07) is 8.75. The number of ether oxygens (including phenoxy) is 2. The molecule has 1 saturated heterocycles. The number of anilines is 2. The Morgan fingerprint density at radius 1 is 1.20 bits per heavy atom. The van der Waals surface area contributed by atoms with Crippen molar-refractivity contribution in [3.05, 3.63) is 41.7 Å². The minimum Gasteiger partial charge on any atom is -0.506 e. The summed E-state index contributed by atoms with van der Waals surface area (Å²) in [5.41, 5.74) is 1.28. The minimum absolute atomic E-state index is 0.00204. The lowest BCUT2D eigenvalue weighted by Gasteiger charge is -2.28. The number of hydrogen-bond donors (Lipinski definition) is 2. The number of methoxy groups -OCH3 is 1. The zero-order valence-electron chi connectivity index (χ0n) is 17.1. The summed E-state index contributed by atoms with van der Waals surface area (Å²) < 4.78 is 11.7. The van der Waals surface area contributed by atoms with Crippen LogP contribution in [0.2, 0.25) is 5.02 Å². The van der Waals surface area contributed by atoms with E-state index in [-0.39, 0.29) is 10.8 Å². The molecule has 7 nitrogen and oxygen atoms in total. The molecule has 0 unspecified atom stereocenters. The minimum atomic E-state index is 0.00204. The van der Waals surface area contributed by atoms with Crippen molar-refractivity contribution in [1.82, 2.24) is 14.9 Å². The molecule has 2 heterocycles. The third-order valence-electron chi connectivity index (χ3n) is 5.46. The number of phenols is 1. The second-order valence-corrected chi connectivity index (χ2v) is 7.94. The van der Waals surface area contributed by atoms with Gasteiger partial charge in [-0.2, -0.15) is 0 Å². The third-order valence-corrected chi connectivity index (χ3v) is 5.86. The summed E-state index contributed by atoms with van der Waals surface area (Å²) in [5.74, 6) is 2.39. The molecule has 1 aliphatic heterocycles. The van der Waals surface area contributed by atoms with Crippen LogP contribution in [0.1, 0.15) is 12.8 Å². The van der Waals surface area contributed by atoms with Crippen LogP contribution in [0.25, 0.3) is 10.9 Å². The van der Waals surface area contributed by atoms with Gasteiger partial charge < -0.3 is 24.8 Å². The molecule has 30 heavy (non-hydrogen) atoms. The van der Waals surface area contributed by atoms with Crippen molar-refractivity contribution in [3.63, 3.8) is 0 Å². The van der Waals surface area contributed by atoms with Crippen LogP contribution in [0.5, 0.6) is 17.2 Å². The molecule has 0 spiro atoms. The maximum Gasteiger partial charge on any atom is 0.163 e. The molecule has 0 bridgehead atoms. The van der Waals surface area contributed by atoms with E-state index in [0.717, 1.165) is 36.8 Å². The van der Waals surface area contributed by atoms with Gasteiger partial charge in [-0.15, -0.1) is 0 Å². The number of nitrogens with zero attached hydrogens (tertiary/aromatic N) is 3. The molecule has 0 amide bonds. The molecule has 8 heteroatoms. The number of benzene rings is 2. The molecule has 0 aliphatic carbocycles. The fourth-order valence-electron chi connectivity index (χ4n) is 3.62. The van der Waals surface area contributed by atoms with Gasteiger partial charge in [-0.25, -0.2) is 9.97 Å². The quantitative estimate of drug-likeness (QED) is 0.599. The number of likely N-dealkylation sites (tertiary alicyclic amines) is 1. The zero-order valence-corrected chi connectivity index (χ0v) is 17.8. The van der Waals surface area contributed by atoms with E-state index < -0.39 is 0 Å². The van der Waals surface area contributed by atoms with E-state index in [1.54, 1.807) is 19.2 Å². The zero-order chi connectivity index (χ0) is 21.1. The molecular weight excluding hydrogens is 404 g/mol. The maximum absolute atomic E-state index is 9.85. The SMILES string of the molecule is COc1cc2c(Nc3cccc(O)c3Cl)ncnc2cc1OCC1CCN(C)CC1. The lowest BCUT2D eigenvalue weighted by Crippen LogP contribution is -2.32. The van der Waals surface area contributed by atoms with Gasteiger partial charge in [0.2, 0.25) is 0 Å². The Morgan fingerprint density at radius 3 is 2.77 bits per heavy atom. The third kappa shape index (κ3) is 4.37. The van der Waals surface area contributed by atoms with Gasteiger partial charge in [-0.3, -0.25) is 0 Å². The fourth-order valence-corrected chi connectivity index (χ4v) is 3.79. The standard InChI is InChI=1S/C22H25ClN4O3/c1-27-8-6-14(7-9-27)12-30-20-11-17-15(10-19(20)29-2)22(25-13-24-17)26-16-4-3-5-18(28)21(16)23/h3-5,10-11,13-14,28H,6-9,12H2,1-2H3,(H,24,25,26). The second-order valence-electron chi connectivity index (χ2n) is 7.56. The number of aromatic hydroxyl groups is 1. The Morgan fingerprint density at radius 2 is 2.00 bits per heavy atom. The number of phenolic OH excluding ortho intramolecular Hbond substituents is 1. The molecule has 2 N–H and O–H groups in total. The van der Waals surface area contributed by atoms with Crippen LogP contribution in [0.4, 0.5) is 11.5 Å². The van der Waals surface area contributed by atoms with E-state index in [1.807, 2.05) is 12.1 Å². The van der Waals surface area contributed by atoms with E-state index in [4.69, 9.17) is 21.1 Å². The highest BCUT2D eigenvalue weighted by Crippen LogP contribution is 2.37. The molecule has 1 aromatic heterocycles. The fraction of sp³-hybridized carbons (Fsp3) is 0.364. The Labute approximate surface area is 180 Å². The largest absolute Gasteiger partial charge is 0.506 e. The first-order chi connectivity index (χ1) is 14.5. The monoisotopic (exact) mass is 428 g/mol. The molecule has 0 atom stereocenters. The van der Waals surface area contributed by atoms with Gasteiger partial charge in [0.15, 0.2) is 11.5 Å². The van der Waals surface area contributed by atoms with Gasteiger partial charge in [0, 0.05) is 11.5 Å². The smallest absolute Gasteiger partial charge is 0.163 e. The van der Waals surface area contributed by atoms with Gasteiger partial charge in [-0.1, -0.05) is 17.7 Å². The van der Waals surface area contributed by atoms with E-state index in [1.165, 1.54) is 12.4 Å². The van der Waals surface area contributed by atoms with Crippen LogP contribution < -0.4 is 14.8 Å². The van der Waals surface area contributed by atoms with Crippen molar-refractivity contribution in [2.24, 2.45) is 5.92 Å². The number of rotatable bonds is 6. The van der Waals surface area contributed by atoms with E-state index in [2.05, 4.69) is 27.2 Å². The van der Waals surface area contributed by atoms with Crippen molar-refractivity contribution in [2.45, 2.75) is 12.8 Å². The van der Waals surface area contributed by atoms with E-state index >= 15 is 0 Å². The van der Waals surface area contributed by atoms with Gasteiger partial charge >= 0.3 is 0 Å². The molecule has 1 fully saturated rings. The Kier molecular flexibility index (Phi) is 6.11. The number of nitrogens with one attached hydrogen (secondary N) is 1. The van der Waals surface area contributed by atoms with Crippen molar-refractivity contribution in [2.75, 3.05) is 39.2 Å². The molecule has 0 saturated carbocycles. The Balaban J connectivity index is 1.59. The molecule has 0 radical (unpaired) electrons. The van der Waals surface area contributed by atoms with Crippen molar-refractivity contribution in [1.29, 1.82) is 0 Å². The van der Waals surface area contributed by atoms with Crippen molar-refractivity contribution < 1.29 is 14.6 Å². The van der Waals surface area contributed by atoms with Gasteiger partial charge in [0.05, 0.1) is 24.9 Å². The van der Waals surface area contributed by atoms with Crippen LogP contribution in [0.3, 0.4) is 0 Å². The molecule has 4 rings (SSSR count). The first kappa shape index (κ1) is 20.5. The lowest BCUT2D eigenvalue weighted by atomic mass is 9.98. The first-order valence-electron chi connectivity index (χ1n) is 9.93. The topological polar surface area (TPSA) is 79.7 Å². The highest BCUT2D eigenvalue weighted by Gasteiger charge is 2.19. The van der Waals surface area contributed by atoms with Gasteiger partial charge in [0.1, 0.15) is 22.9 Å². The summed E-state index contributed by atoms with van der Waals surface area (Å²) in [7, 11) is 3.77. The molecular formula is C22H25ClN4O3. The number of piperidine rings is 1. The summed E-state index contributed by atoms with van der Waals surface area (Å²) in [6.45, 7) is 2.86. The summed E-state index contributed by atoms with van der Waals surface area (Å²) in [5, 5.41) is 14.0. The van der Waals surface area contributed by atoms with Crippen LogP contribution in [-0.2, 0) is 0 Å². The van der Waals surface area contributed by atoms with Gasteiger partial charge in [-0.05, 0) is 57.1 Å². The maximum atomic E-state index is 9.85. The van der Waals surface area contributed by atoms with Crippen LogP contribution in [0.15, 0.2) is 36.7 Å². The van der Waals surface area contributed by atoms with Crippen molar-refractivity contribution >= 4 is 34.0 Å². The summed E-state index contributed by atoms with van der Waals surface area (Å²) in [4.78, 5) is 11.1. The van der Waals surface area contributed by atoms with Crippen LogP contribution in [0, 0.1) is 5.92 Å². The summed E-state index contributed by atoms with van der Waals surface area (Å²) >= 11 is 6.20. The average Bonchev–Trinajstić information content (AvgIpc) is 2.76. The van der Waals surface area contributed by atoms with Gasteiger partial charge in [0.25, 0.3) is 0 Å². The highest BCUT2D eigenvalue weighted by atomic mass is 35.5. The molecule has 158 valence electrons. The number of halogens is 1. The summed E-state index contributed by atoms with van der Waals surface area (Å²) in [6.07, 6.45) is 3.75. The molecule has 3 aromatic rings. The Bertz CT molecular complexity index is 1040. The molecule has 2 aromatic carbocycles. The highest BCUT2D eigenvalue weighted by molar-refractivity contribution is 6.34. The first-order valence-corrected chi connectivity index (χ1v) is 10.3. The predicted octanol–water partition coefficient (Wildman–Crippen LogP) is 4.46. The predicted molar refractivity (Wildman–Crippen MR) is 118 cm³/mol. The Hall–Kier alpha value is -2.77. The number of fused-ring (bicyclic) bond motifs is 1. The normalized spacial score (nSPS) is 15.3. The second kappa shape index (κ2) is 8.93.